The number of nitrogens with one attached hydrogen (secondary N) is 3. The highest BCUT2D eigenvalue weighted by atomic mass is 19.1. The van der Waals surface area contributed by atoms with Gasteiger partial charge in [-0.1, -0.05) is 12.6 Å². The molecule has 1 amide bonds. The van der Waals surface area contributed by atoms with Gasteiger partial charge in [-0.05, 0) is 48.5 Å². The maximum Gasteiger partial charge on any atom is 0.247 e. The normalized spacial score (nSPS) is 12.1. The van der Waals surface area contributed by atoms with Crippen molar-refractivity contribution in [2.75, 3.05) is 36.2 Å². The van der Waals surface area contributed by atoms with E-state index in [0.717, 1.165) is 12.3 Å². The minimum atomic E-state index is -1.98. The number of hydrogen-bond acceptors (Lipinski definition) is 7. The quantitative estimate of drug-likeness (QED) is 0.417. The van der Waals surface area contributed by atoms with E-state index in [0.29, 0.717) is 11.4 Å². The average Bonchev–Trinajstić information content (AvgIpc) is 2.79. The molecule has 0 aliphatic heterocycles. The summed E-state index contributed by atoms with van der Waals surface area (Å²) in [5.41, 5.74) is 0.990. The van der Waals surface area contributed by atoms with Gasteiger partial charge in [0.25, 0.3) is 0 Å². The van der Waals surface area contributed by atoms with E-state index in [1.54, 1.807) is 36.4 Å². The molecule has 0 spiro atoms. The Morgan fingerprint density at radius 1 is 1.23 bits per heavy atom. The molecule has 0 radical (unpaired) electrons. The molecule has 0 atom stereocenters. The lowest BCUT2D eigenvalue weighted by atomic mass is 10.2. The molecule has 0 unspecified atom stereocenters. The Labute approximate surface area is 183 Å². The zero-order valence-corrected chi connectivity index (χ0v) is 16.6. The van der Waals surface area contributed by atoms with Gasteiger partial charge in [-0.2, -0.15) is 4.98 Å². The van der Waals surface area contributed by atoms with Crippen LogP contribution in [0.1, 0.15) is 4.11 Å². The molecule has 3 N–H and O–H groups in total. The van der Waals surface area contributed by atoms with Gasteiger partial charge in [0.05, 0.1) is 16.9 Å². The van der Waals surface area contributed by atoms with E-state index in [1.165, 1.54) is 13.2 Å². The SMILES string of the molecule is [2H]c1c(NC(=O)C=C)cccc1Nc1nc(Nc2ccc(OC([2H])([2H])COC)cc2)ncc1F. The summed E-state index contributed by atoms with van der Waals surface area (Å²) in [6.45, 7) is 1.16. The topological polar surface area (TPSA) is 97.4 Å². The highest BCUT2D eigenvalue weighted by molar-refractivity contribution is 5.99. The summed E-state index contributed by atoms with van der Waals surface area (Å²) >= 11 is 0. The number of benzene rings is 2. The first-order valence-electron chi connectivity index (χ1n) is 10.6. The molecule has 9 heteroatoms. The zero-order chi connectivity index (χ0) is 24.7. The van der Waals surface area contributed by atoms with Crippen LogP contribution in [0.2, 0.25) is 0 Å². The van der Waals surface area contributed by atoms with Crippen LogP contribution in [0.5, 0.6) is 5.75 Å². The predicted octanol–water partition coefficient (Wildman–Crippen LogP) is 4.25. The molecule has 3 aromatic rings. The van der Waals surface area contributed by atoms with Crippen LogP contribution < -0.4 is 20.7 Å². The van der Waals surface area contributed by atoms with Crippen LogP contribution in [0.25, 0.3) is 0 Å². The third-order valence-electron chi connectivity index (χ3n) is 3.74. The average molecular weight is 426 g/mol. The summed E-state index contributed by atoms with van der Waals surface area (Å²) in [4.78, 5) is 19.6. The van der Waals surface area contributed by atoms with Gasteiger partial charge in [0, 0.05) is 24.2 Å². The van der Waals surface area contributed by atoms with Crippen LogP contribution >= 0.6 is 0 Å². The van der Waals surface area contributed by atoms with Gasteiger partial charge < -0.3 is 25.4 Å². The van der Waals surface area contributed by atoms with E-state index in [9.17, 15) is 9.18 Å². The lowest BCUT2D eigenvalue weighted by Crippen LogP contribution is -2.07. The molecule has 31 heavy (non-hydrogen) atoms. The van der Waals surface area contributed by atoms with Gasteiger partial charge in [-0.3, -0.25) is 4.79 Å². The standard InChI is InChI=1S/C22H22FN5O3/c1-3-20(29)25-16-5-4-6-17(13-16)26-21-19(23)14-24-22(28-21)27-15-7-9-18(10-8-15)31-12-11-30-2/h3-10,13-14H,1,11-12H2,2H3,(H,25,29)(H2,24,26,27,28)/i12D2,13D. The molecule has 3 rings (SSSR count). The fourth-order valence-corrected chi connectivity index (χ4v) is 2.35. The van der Waals surface area contributed by atoms with E-state index in [1.807, 2.05) is 0 Å². The highest BCUT2D eigenvalue weighted by Crippen LogP contribution is 2.23. The van der Waals surface area contributed by atoms with Gasteiger partial charge in [0.2, 0.25) is 11.9 Å². The number of carbonyl (C=O) groups excluding carboxylic acids is 1. The molecule has 0 aliphatic carbocycles. The maximum atomic E-state index is 14.3. The van der Waals surface area contributed by atoms with E-state index in [2.05, 4.69) is 32.5 Å². The molecular formula is C22H22FN5O3. The zero-order valence-electron chi connectivity index (χ0n) is 19.6. The van der Waals surface area contributed by atoms with Gasteiger partial charge in [0.1, 0.15) is 12.3 Å². The maximum absolute atomic E-state index is 14.3. The van der Waals surface area contributed by atoms with Crippen molar-refractivity contribution in [1.82, 2.24) is 9.97 Å². The third kappa shape index (κ3) is 6.51. The second kappa shape index (κ2) is 10.7. The Morgan fingerprint density at radius 2 is 2.00 bits per heavy atom. The number of rotatable bonds is 10. The first kappa shape index (κ1) is 17.8. The van der Waals surface area contributed by atoms with E-state index in [-0.39, 0.29) is 35.8 Å². The molecule has 0 bridgehead atoms. The largest absolute Gasteiger partial charge is 0.491 e. The van der Waals surface area contributed by atoms with Gasteiger partial charge in [-0.15, -0.1) is 0 Å². The van der Waals surface area contributed by atoms with Gasteiger partial charge >= 0.3 is 0 Å². The Kier molecular flexibility index (Phi) is 6.16. The van der Waals surface area contributed by atoms with Crippen molar-refractivity contribution in [1.29, 1.82) is 0 Å². The van der Waals surface area contributed by atoms with Crippen LogP contribution in [0.4, 0.5) is 33.2 Å². The fraction of sp³-hybridized carbons (Fsp3) is 0.136. The van der Waals surface area contributed by atoms with Crippen molar-refractivity contribution in [3.8, 4) is 5.75 Å². The Morgan fingerprint density at radius 3 is 2.74 bits per heavy atom. The Balaban J connectivity index is 1.74. The van der Waals surface area contributed by atoms with Crippen molar-refractivity contribution >= 4 is 34.7 Å². The monoisotopic (exact) mass is 426 g/mol. The van der Waals surface area contributed by atoms with E-state index in [4.69, 9.17) is 13.6 Å². The molecule has 1 heterocycles. The summed E-state index contributed by atoms with van der Waals surface area (Å²) in [7, 11) is 1.38. The van der Waals surface area contributed by atoms with Crippen LogP contribution in [0, 0.1) is 5.82 Å². The first-order valence-corrected chi connectivity index (χ1v) is 9.08. The minimum Gasteiger partial charge on any atom is -0.491 e. The van der Waals surface area contributed by atoms with Crippen molar-refractivity contribution in [3.05, 3.63) is 73.2 Å². The second-order valence-corrected chi connectivity index (χ2v) is 6.02. The molecule has 0 saturated heterocycles. The lowest BCUT2D eigenvalue weighted by molar-refractivity contribution is -0.111. The number of ether oxygens (including phenoxy) is 2. The molecule has 0 fully saturated rings. The van der Waals surface area contributed by atoms with Crippen molar-refractivity contribution < 1.29 is 22.8 Å². The van der Waals surface area contributed by atoms with Crippen LogP contribution in [-0.4, -0.2) is 36.2 Å². The van der Waals surface area contributed by atoms with Gasteiger partial charge in [0.15, 0.2) is 11.6 Å². The van der Waals surface area contributed by atoms with Crippen molar-refractivity contribution in [2.45, 2.75) is 0 Å². The predicted molar refractivity (Wildman–Crippen MR) is 118 cm³/mol. The number of halogens is 1. The number of amides is 1. The summed E-state index contributed by atoms with van der Waals surface area (Å²) in [6.07, 6.45) is 2.05. The second-order valence-electron chi connectivity index (χ2n) is 6.02. The van der Waals surface area contributed by atoms with E-state index < -0.39 is 18.3 Å². The lowest BCUT2D eigenvalue weighted by Gasteiger charge is -2.11. The number of aromatic nitrogens is 2. The molecule has 8 nitrogen and oxygen atoms in total. The molecule has 2 aromatic carbocycles. The summed E-state index contributed by atoms with van der Waals surface area (Å²) in [5, 5.41) is 8.16. The van der Waals surface area contributed by atoms with Crippen LogP contribution in [0.3, 0.4) is 0 Å². The van der Waals surface area contributed by atoms with Crippen LogP contribution in [0.15, 0.2) is 67.4 Å². The first-order chi connectivity index (χ1) is 16.2. The molecule has 160 valence electrons. The fourth-order valence-electron chi connectivity index (χ4n) is 2.35. The Hall–Kier alpha value is -3.98. The smallest absolute Gasteiger partial charge is 0.247 e. The minimum absolute atomic E-state index is 0.0610. The van der Waals surface area contributed by atoms with Crippen LogP contribution in [-0.2, 0) is 9.53 Å². The Bertz CT molecular complexity index is 1180. The number of carbonyl (C=O) groups is 1. The molecule has 0 aliphatic rings. The number of anilines is 5. The van der Waals surface area contributed by atoms with Crippen molar-refractivity contribution in [2.24, 2.45) is 0 Å². The molecule has 0 saturated carbocycles. The van der Waals surface area contributed by atoms with E-state index >= 15 is 0 Å². The molecule has 1 aromatic heterocycles. The van der Waals surface area contributed by atoms with Crippen molar-refractivity contribution in [3.63, 3.8) is 0 Å². The molecular weight excluding hydrogens is 401 g/mol. The summed E-state index contributed by atoms with van der Waals surface area (Å²) in [6, 6.07) is 10.9. The highest BCUT2D eigenvalue weighted by Gasteiger charge is 2.09. The van der Waals surface area contributed by atoms with Gasteiger partial charge in [-0.25, -0.2) is 9.37 Å². The summed E-state index contributed by atoms with van der Waals surface area (Å²) in [5.74, 6) is -1.02. The number of methoxy groups -OCH3 is 1. The summed E-state index contributed by atoms with van der Waals surface area (Å²) < 4.78 is 48.0. The number of hydrogen-bond donors (Lipinski definition) is 3. The third-order valence-corrected chi connectivity index (χ3v) is 3.74. The number of nitrogens with zero attached hydrogens (tertiary/aromatic N) is 2.